The number of nitrogen functional groups attached to an aromatic ring is 1. The standard InChI is InChI=1S/C22H29N3O2S.C6H5NO/c1-5-6-20(18-10-7-16(2)21(13-18)26-3)24-25(22(28-4)15-27-22)14-17-8-11-19(23)12-9-17;8-5-6-3-1-2-4-7-6/h7-13H,5-6,14-15,23H2,1-4H3;1-5H/b24-20+;. The average molecular weight is 507 g/mol. The lowest BCUT2D eigenvalue weighted by atomic mass is 10.0. The van der Waals surface area contributed by atoms with Crippen molar-refractivity contribution in [2.24, 2.45) is 5.10 Å². The van der Waals surface area contributed by atoms with Crippen LogP contribution in [0.25, 0.3) is 0 Å². The van der Waals surface area contributed by atoms with Gasteiger partial charge in [-0.3, -0.25) is 9.78 Å². The van der Waals surface area contributed by atoms with Gasteiger partial charge in [0.05, 0.1) is 19.4 Å². The van der Waals surface area contributed by atoms with Crippen LogP contribution in [0.1, 0.15) is 46.9 Å². The van der Waals surface area contributed by atoms with Gasteiger partial charge in [0.25, 0.3) is 0 Å². The summed E-state index contributed by atoms with van der Waals surface area (Å²) in [5.41, 5.74) is 11.5. The molecule has 8 heteroatoms. The molecule has 0 bridgehead atoms. The maximum atomic E-state index is 9.94. The van der Waals surface area contributed by atoms with Gasteiger partial charge in [-0.2, -0.15) is 5.10 Å². The fraction of sp³-hybridized carbons (Fsp3) is 0.321. The second-order valence-corrected chi connectivity index (χ2v) is 9.40. The Bertz CT molecular complexity index is 1150. The molecule has 3 aromatic rings. The number of rotatable bonds is 10. The van der Waals surface area contributed by atoms with E-state index in [4.69, 9.17) is 20.3 Å². The first-order valence-electron chi connectivity index (χ1n) is 11.8. The number of aldehydes is 1. The Balaban J connectivity index is 0.000000383. The van der Waals surface area contributed by atoms with E-state index in [9.17, 15) is 4.79 Å². The zero-order valence-corrected chi connectivity index (χ0v) is 22.1. The van der Waals surface area contributed by atoms with Gasteiger partial charge >= 0.3 is 0 Å². The SMILES string of the molecule is CCC/C(=N\N(Cc1ccc(N)cc1)C1(SC)CO1)c1ccc(C)c(OC)c1.O=Cc1ccccn1. The minimum atomic E-state index is -0.394. The fourth-order valence-corrected chi connectivity index (χ4v) is 4.15. The lowest BCUT2D eigenvalue weighted by Gasteiger charge is -2.26. The van der Waals surface area contributed by atoms with E-state index in [-0.39, 0.29) is 0 Å². The van der Waals surface area contributed by atoms with Crippen LogP contribution in [0.5, 0.6) is 5.75 Å². The molecule has 4 rings (SSSR count). The van der Waals surface area contributed by atoms with Gasteiger partial charge in [-0.1, -0.05) is 43.7 Å². The number of carbonyl (C=O) groups is 1. The minimum Gasteiger partial charge on any atom is -0.496 e. The number of ether oxygens (including phenoxy) is 2. The third kappa shape index (κ3) is 7.32. The summed E-state index contributed by atoms with van der Waals surface area (Å²) >= 11 is 1.68. The first-order chi connectivity index (χ1) is 17.4. The summed E-state index contributed by atoms with van der Waals surface area (Å²) in [5, 5.41) is 6.76. The molecule has 0 spiro atoms. The zero-order valence-electron chi connectivity index (χ0n) is 21.3. The van der Waals surface area contributed by atoms with Crippen LogP contribution in [0, 0.1) is 6.92 Å². The van der Waals surface area contributed by atoms with Crippen molar-refractivity contribution >= 4 is 29.4 Å². The van der Waals surface area contributed by atoms with Crippen LogP contribution >= 0.6 is 11.8 Å². The number of nitrogens with zero attached hydrogens (tertiary/aromatic N) is 3. The molecule has 0 radical (unpaired) electrons. The maximum Gasteiger partial charge on any atom is 0.228 e. The molecule has 1 saturated heterocycles. The minimum absolute atomic E-state index is 0.394. The van der Waals surface area contributed by atoms with Crippen LogP contribution in [0.15, 0.2) is 72.0 Å². The Labute approximate surface area is 217 Å². The Morgan fingerprint density at radius 2 is 2.00 bits per heavy atom. The normalized spacial score (nSPS) is 16.5. The average Bonchev–Trinajstić information content (AvgIpc) is 3.72. The van der Waals surface area contributed by atoms with Gasteiger partial charge in [0.2, 0.25) is 5.06 Å². The highest BCUT2D eigenvalue weighted by Crippen LogP contribution is 2.42. The maximum absolute atomic E-state index is 9.94. The van der Waals surface area contributed by atoms with Crippen molar-refractivity contribution < 1.29 is 14.3 Å². The molecule has 0 aliphatic carbocycles. The number of hydrogen-bond acceptors (Lipinski definition) is 8. The number of aromatic nitrogens is 1. The molecule has 0 saturated carbocycles. The van der Waals surface area contributed by atoms with Crippen molar-refractivity contribution in [3.05, 3.63) is 89.2 Å². The number of carbonyl (C=O) groups excluding carboxylic acids is 1. The summed E-state index contributed by atoms with van der Waals surface area (Å²) in [4.78, 5) is 13.7. The molecular formula is C28H34N4O3S. The van der Waals surface area contributed by atoms with Gasteiger partial charge in [-0.15, -0.1) is 11.8 Å². The Kier molecular flexibility index (Phi) is 9.90. The van der Waals surface area contributed by atoms with Crippen molar-refractivity contribution in [2.45, 2.75) is 38.3 Å². The molecule has 7 nitrogen and oxygen atoms in total. The Hall–Kier alpha value is -3.36. The molecule has 0 amide bonds. The molecule has 2 heterocycles. The number of hydrogen-bond donors (Lipinski definition) is 1. The van der Waals surface area contributed by atoms with E-state index in [1.54, 1.807) is 43.3 Å². The van der Waals surface area contributed by atoms with Gasteiger partial charge in [-0.05, 0) is 61.1 Å². The number of epoxide rings is 1. The number of thioether (sulfide) groups is 1. The van der Waals surface area contributed by atoms with Crippen LogP contribution in [-0.4, -0.2) is 47.0 Å². The van der Waals surface area contributed by atoms with Gasteiger partial charge in [0, 0.05) is 17.4 Å². The van der Waals surface area contributed by atoms with E-state index in [0.717, 1.165) is 53.0 Å². The highest BCUT2D eigenvalue weighted by molar-refractivity contribution is 8.00. The van der Waals surface area contributed by atoms with Crippen molar-refractivity contribution in [3.8, 4) is 5.75 Å². The Morgan fingerprint density at radius 3 is 2.53 bits per heavy atom. The summed E-state index contributed by atoms with van der Waals surface area (Å²) in [6, 6.07) is 19.4. The number of methoxy groups -OCH3 is 1. The summed E-state index contributed by atoms with van der Waals surface area (Å²) in [5.74, 6) is 0.883. The summed E-state index contributed by atoms with van der Waals surface area (Å²) in [7, 11) is 1.71. The topological polar surface area (TPSA) is 93.3 Å². The monoisotopic (exact) mass is 506 g/mol. The molecular weight excluding hydrogens is 472 g/mol. The van der Waals surface area contributed by atoms with E-state index in [1.165, 1.54) is 0 Å². The quantitative estimate of drug-likeness (QED) is 0.0964. The van der Waals surface area contributed by atoms with Crippen LogP contribution in [0.4, 0.5) is 5.69 Å². The molecule has 1 unspecified atom stereocenters. The molecule has 2 aromatic carbocycles. The summed E-state index contributed by atoms with van der Waals surface area (Å²) < 4.78 is 11.3. The molecule has 1 atom stereocenters. The van der Waals surface area contributed by atoms with Crippen molar-refractivity contribution in [1.82, 2.24) is 9.99 Å². The molecule has 190 valence electrons. The largest absolute Gasteiger partial charge is 0.496 e. The van der Waals surface area contributed by atoms with Crippen LogP contribution in [0.2, 0.25) is 0 Å². The first-order valence-corrected chi connectivity index (χ1v) is 13.1. The first kappa shape index (κ1) is 27.2. The number of hydrazone groups is 1. The third-order valence-electron chi connectivity index (χ3n) is 5.69. The highest BCUT2D eigenvalue weighted by atomic mass is 32.2. The second kappa shape index (κ2) is 13.1. The zero-order chi connectivity index (χ0) is 26.0. The van der Waals surface area contributed by atoms with E-state index in [2.05, 4.69) is 41.4 Å². The van der Waals surface area contributed by atoms with E-state index < -0.39 is 5.06 Å². The van der Waals surface area contributed by atoms with Gasteiger partial charge < -0.3 is 15.2 Å². The van der Waals surface area contributed by atoms with E-state index in [1.807, 2.05) is 31.2 Å². The molecule has 1 aromatic heterocycles. The molecule has 1 aliphatic heterocycles. The van der Waals surface area contributed by atoms with Crippen LogP contribution in [-0.2, 0) is 11.3 Å². The van der Waals surface area contributed by atoms with Gasteiger partial charge in [0.15, 0.2) is 6.29 Å². The number of nitrogens with two attached hydrogens (primary N) is 1. The summed E-state index contributed by atoms with van der Waals surface area (Å²) in [6.45, 7) is 5.55. The lowest BCUT2D eigenvalue weighted by molar-refractivity contribution is 0.111. The van der Waals surface area contributed by atoms with Crippen LogP contribution < -0.4 is 10.5 Å². The second-order valence-electron chi connectivity index (χ2n) is 8.36. The number of pyridine rings is 1. The van der Waals surface area contributed by atoms with Gasteiger partial charge in [0.1, 0.15) is 18.1 Å². The predicted octanol–water partition coefficient (Wildman–Crippen LogP) is 5.53. The van der Waals surface area contributed by atoms with Gasteiger partial charge in [-0.25, -0.2) is 5.01 Å². The molecule has 1 aliphatic rings. The lowest BCUT2D eigenvalue weighted by Crippen LogP contribution is -2.32. The molecule has 2 N–H and O–H groups in total. The molecule has 1 fully saturated rings. The Morgan fingerprint density at radius 1 is 1.25 bits per heavy atom. The van der Waals surface area contributed by atoms with Crippen molar-refractivity contribution in [1.29, 1.82) is 0 Å². The summed E-state index contributed by atoms with van der Waals surface area (Å²) in [6.07, 6.45) is 6.27. The van der Waals surface area contributed by atoms with E-state index in [0.29, 0.717) is 18.8 Å². The smallest absolute Gasteiger partial charge is 0.228 e. The number of benzene rings is 2. The van der Waals surface area contributed by atoms with Crippen molar-refractivity contribution in [3.63, 3.8) is 0 Å². The fourth-order valence-electron chi connectivity index (χ4n) is 3.54. The van der Waals surface area contributed by atoms with E-state index >= 15 is 0 Å². The third-order valence-corrected chi connectivity index (χ3v) is 6.78. The van der Waals surface area contributed by atoms with Crippen molar-refractivity contribution in [2.75, 3.05) is 25.7 Å². The number of aryl methyl sites for hydroxylation is 1. The molecule has 36 heavy (non-hydrogen) atoms. The highest BCUT2D eigenvalue weighted by Gasteiger charge is 2.50. The predicted molar refractivity (Wildman–Crippen MR) is 147 cm³/mol. The number of anilines is 1. The van der Waals surface area contributed by atoms with Crippen LogP contribution in [0.3, 0.4) is 0 Å².